The molecule has 0 spiro atoms. The summed E-state index contributed by atoms with van der Waals surface area (Å²) in [6.07, 6.45) is 0. The molecule has 0 aliphatic rings. The Bertz CT molecular complexity index is 609. The second kappa shape index (κ2) is 6.64. The number of halogens is 2. The van der Waals surface area contributed by atoms with Crippen LogP contribution in [0.15, 0.2) is 42.5 Å². The Morgan fingerprint density at radius 1 is 1.15 bits per heavy atom. The first-order valence-electron chi connectivity index (χ1n) is 5.95. The summed E-state index contributed by atoms with van der Waals surface area (Å²) in [5.74, 6) is -0.362. The van der Waals surface area contributed by atoms with Crippen LogP contribution in [0, 0.1) is 0 Å². The molecule has 0 fully saturated rings. The minimum Gasteiger partial charge on any atom is -0.465 e. The molecule has 5 heteroatoms. The topological polar surface area (TPSA) is 38.3 Å². The Hall–Kier alpha value is -1.71. The summed E-state index contributed by atoms with van der Waals surface area (Å²) in [4.78, 5) is 11.4. The summed E-state index contributed by atoms with van der Waals surface area (Å²) in [6, 6.07) is 12.5. The van der Waals surface area contributed by atoms with Crippen LogP contribution < -0.4 is 5.32 Å². The van der Waals surface area contributed by atoms with Crippen molar-refractivity contribution in [2.24, 2.45) is 0 Å². The highest BCUT2D eigenvalue weighted by Gasteiger charge is 2.05. The summed E-state index contributed by atoms with van der Waals surface area (Å²) in [6.45, 7) is 0.560. The molecule has 0 aliphatic heterocycles. The van der Waals surface area contributed by atoms with Gasteiger partial charge in [0.2, 0.25) is 0 Å². The van der Waals surface area contributed by atoms with Gasteiger partial charge in [0.1, 0.15) is 0 Å². The predicted molar refractivity (Wildman–Crippen MR) is 81.6 cm³/mol. The van der Waals surface area contributed by atoms with Crippen LogP contribution in [0.3, 0.4) is 0 Å². The molecule has 0 bridgehead atoms. The molecule has 3 nitrogen and oxygen atoms in total. The number of rotatable bonds is 4. The minimum atomic E-state index is -0.362. The van der Waals surface area contributed by atoms with Gasteiger partial charge in [-0.05, 0) is 42.0 Å². The number of hydrogen-bond donors (Lipinski definition) is 1. The van der Waals surface area contributed by atoms with E-state index in [1.54, 1.807) is 24.3 Å². The van der Waals surface area contributed by atoms with Gasteiger partial charge in [0.05, 0.1) is 12.7 Å². The Balaban J connectivity index is 2.09. The second-order valence-corrected chi connectivity index (χ2v) is 5.08. The van der Waals surface area contributed by atoms with Crippen LogP contribution >= 0.6 is 23.2 Å². The van der Waals surface area contributed by atoms with Crippen molar-refractivity contribution in [3.63, 3.8) is 0 Å². The van der Waals surface area contributed by atoms with Crippen molar-refractivity contribution >= 4 is 34.9 Å². The number of anilines is 1. The minimum absolute atomic E-state index is 0.362. The van der Waals surface area contributed by atoms with E-state index in [-0.39, 0.29) is 5.97 Å². The Morgan fingerprint density at radius 3 is 2.50 bits per heavy atom. The monoisotopic (exact) mass is 309 g/mol. The highest BCUT2D eigenvalue weighted by molar-refractivity contribution is 6.34. The Kier molecular flexibility index (Phi) is 4.88. The fourth-order valence-electron chi connectivity index (χ4n) is 1.79. The van der Waals surface area contributed by atoms with Crippen molar-refractivity contribution in [2.45, 2.75) is 6.54 Å². The first-order valence-corrected chi connectivity index (χ1v) is 6.71. The van der Waals surface area contributed by atoms with Crippen LogP contribution in [0.1, 0.15) is 15.9 Å². The molecule has 0 amide bonds. The van der Waals surface area contributed by atoms with Crippen LogP contribution in [0.2, 0.25) is 10.0 Å². The fourth-order valence-corrected chi connectivity index (χ4v) is 2.36. The van der Waals surface area contributed by atoms with E-state index in [2.05, 4.69) is 10.1 Å². The molecule has 20 heavy (non-hydrogen) atoms. The van der Waals surface area contributed by atoms with Crippen LogP contribution in [0.25, 0.3) is 0 Å². The molecular formula is C15H13Cl2NO2. The number of carbonyl (C=O) groups excluding carboxylic acids is 1. The van der Waals surface area contributed by atoms with Gasteiger partial charge in [-0.1, -0.05) is 29.3 Å². The van der Waals surface area contributed by atoms with Crippen molar-refractivity contribution in [1.82, 2.24) is 0 Å². The van der Waals surface area contributed by atoms with Gasteiger partial charge in [-0.2, -0.15) is 0 Å². The van der Waals surface area contributed by atoms with Crippen LogP contribution in [0.5, 0.6) is 0 Å². The van der Waals surface area contributed by atoms with Gasteiger partial charge >= 0.3 is 5.97 Å². The third-order valence-electron chi connectivity index (χ3n) is 2.70. The van der Waals surface area contributed by atoms with E-state index < -0.39 is 0 Å². The number of nitrogens with one attached hydrogen (secondary N) is 1. The number of methoxy groups -OCH3 is 1. The highest BCUT2D eigenvalue weighted by Crippen LogP contribution is 2.20. The van der Waals surface area contributed by atoms with Gasteiger partial charge in [-0.3, -0.25) is 0 Å². The summed E-state index contributed by atoms with van der Waals surface area (Å²) in [7, 11) is 1.36. The number of benzene rings is 2. The summed E-state index contributed by atoms with van der Waals surface area (Å²) < 4.78 is 4.68. The van der Waals surface area contributed by atoms with Crippen molar-refractivity contribution in [1.29, 1.82) is 0 Å². The zero-order chi connectivity index (χ0) is 14.5. The number of ether oxygens (including phenoxy) is 1. The molecule has 0 saturated heterocycles. The zero-order valence-corrected chi connectivity index (χ0v) is 12.3. The first-order chi connectivity index (χ1) is 9.58. The van der Waals surface area contributed by atoms with Crippen LogP contribution in [-0.2, 0) is 11.3 Å². The molecule has 0 atom stereocenters. The van der Waals surface area contributed by atoms with Gasteiger partial charge in [-0.25, -0.2) is 4.79 Å². The Morgan fingerprint density at radius 2 is 1.85 bits per heavy atom. The first kappa shape index (κ1) is 14.7. The van der Waals surface area contributed by atoms with Gasteiger partial charge in [0.15, 0.2) is 0 Å². The smallest absolute Gasteiger partial charge is 0.337 e. The summed E-state index contributed by atoms with van der Waals surface area (Å²) >= 11 is 11.9. The third-order valence-corrected chi connectivity index (χ3v) is 3.14. The normalized spacial score (nSPS) is 10.2. The Labute approximate surface area is 127 Å². The molecule has 0 saturated carbocycles. The van der Waals surface area contributed by atoms with Gasteiger partial charge in [0, 0.05) is 22.3 Å². The molecule has 0 aliphatic carbocycles. The lowest BCUT2D eigenvalue weighted by Gasteiger charge is -2.08. The van der Waals surface area contributed by atoms with Crippen molar-refractivity contribution in [3.8, 4) is 0 Å². The van der Waals surface area contributed by atoms with E-state index in [1.807, 2.05) is 18.2 Å². The van der Waals surface area contributed by atoms with Gasteiger partial charge in [0.25, 0.3) is 0 Å². The number of esters is 1. The molecule has 0 unspecified atom stereocenters. The second-order valence-electron chi connectivity index (χ2n) is 4.20. The molecule has 1 N–H and O–H groups in total. The molecular weight excluding hydrogens is 297 g/mol. The summed E-state index contributed by atoms with van der Waals surface area (Å²) in [5.41, 5.74) is 2.29. The summed E-state index contributed by atoms with van der Waals surface area (Å²) in [5, 5.41) is 4.40. The maximum Gasteiger partial charge on any atom is 0.337 e. The molecule has 0 heterocycles. The van der Waals surface area contributed by atoms with Crippen LogP contribution in [0.4, 0.5) is 5.69 Å². The quantitative estimate of drug-likeness (QED) is 0.851. The molecule has 2 aromatic rings. The zero-order valence-electron chi connectivity index (χ0n) is 10.8. The van der Waals surface area contributed by atoms with E-state index in [0.717, 1.165) is 11.3 Å². The number of carbonyl (C=O) groups is 1. The highest BCUT2D eigenvalue weighted by atomic mass is 35.5. The lowest BCUT2D eigenvalue weighted by molar-refractivity contribution is 0.0601. The van der Waals surface area contributed by atoms with Crippen molar-refractivity contribution in [3.05, 3.63) is 63.6 Å². The average molecular weight is 310 g/mol. The molecule has 0 radical (unpaired) electrons. The van der Waals surface area contributed by atoms with E-state index in [1.165, 1.54) is 7.11 Å². The van der Waals surface area contributed by atoms with Crippen molar-refractivity contribution < 1.29 is 9.53 Å². The number of hydrogen-bond acceptors (Lipinski definition) is 3. The van der Waals surface area contributed by atoms with Gasteiger partial charge in [-0.15, -0.1) is 0 Å². The molecule has 2 aromatic carbocycles. The lowest BCUT2D eigenvalue weighted by Crippen LogP contribution is -2.04. The van der Waals surface area contributed by atoms with Gasteiger partial charge < -0.3 is 10.1 Å². The van der Waals surface area contributed by atoms with E-state index in [9.17, 15) is 4.79 Å². The van der Waals surface area contributed by atoms with E-state index >= 15 is 0 Å². The van der Waals surface area contributed by atoms with E-state index in [0.29, 0.717) is 22.2 Å². The average Bonchev–Trinajstić information content (AvgIpc) is 2.43. The molecule has 0 aromatic heterocycles. The molecule has 2 rings (SSSR count). The van der Waals surface area contributed by atoms with Crippen LogP contribution in [-0.4, -0.2) is 13.1 Å². The lowest BCUT2D eigenvalue weighted by atomic mass is 10.2. The largest absolute Gasteiger partial charge is 0.465 e. The predicted octanol–water partition coefficient (Wildman–Crippen LogP) is 4.39. The SMILES string of the molecule is COC(=O)c1cccc(NCc2cc(Cl)cc(Cl)c2)c1. The fraction of sp³-hybridized carbons (Fsp3) is 0.133. The maximum absolute atomic E-state index is 11.4. The third kappa shape index (κ3) is 3.89. The van der Waals surface area contributed by atoms with E-state index in [4.69, 9.17) is 23.2 Å². The maximum atomic E-state index is 11.4. The standard InChI is InChI=1S/C15H13Cl2NO2/c1-20-15(19)11-3-2-4-14(7-11)18-9-10-5-12(16)8-13(17)6-10/h2-8,18H,9H2,1H3. The molecule has 104 valence electrons. The van der Waals surface area contributed by atoms with Crippen molar-refractivity contribution in [2.75, 3.05) is 12.4 Å².